The van der Waals surface area contributed by atoms with E-state index < -0.39 is 5.82 Å². The Balaban J connectivity index is 1.83. The minimum absolute atomic E-state index is 0.0528. The lowest BCUT2D eigenvalue weighted by atomic mass is 10.1. The van der Waals surface area contributed by atoms with Crippen LogP contribution < -0.4 is 5.32 Å². The van der Waals surface area contributed by atoms with Gasteiger partial charge in [-0.05, 0) is 30.7 Å². The molecule has 2 aromatic rings. The predicted octanol–water partition coefficient (Wildman–Crippen LogP) is 2.84. The van der Waals surface area contributed by atoms with E-state index in [4.69, 9.17) is 0 Å². The number of hydrogen-bond donors (Lipinski definition) is 1. The third-order valence-corrected chi connectivity index (χ3v) is 3.74. The van der Waals surface area contributed by atoms with E-state index in [9.17, 15) is 14.0 Å². The van der Waals surface area contributed by atoms with Gasteiger partial charge in [0, 0.05) is 18.4 Å². The Hall–Kier alpha value is -2.15. The van der Waals surface area contributed by atoms with Crippen molar-refractivity contribution in [3.63, 3.8) is 0 Å². The van der Waals surface area contributed by atoms with Gasteiger partial charge in [0.15, 0.2) is 5.78 Å². The molecule has 0 spiro atoms. The molecule has 21 heavy (non-hydrogen) atoms. The molecule has 0 radical (unpaired) electrons. The zero-order chi connectivity index (χ0) is 15.2. The first-order valence-electron chi connectivity index (χ1n) is 6.49. The van der Waals surface area contributed by atoms with Crippen LogP contribution in [0.25, 0.3) is 0 Å². The molecule has 0 atom stereocenters. The molecule has 0 aliphatic rings. The highest BCUT2D eigenvalue weighted by atomic mass is 32.1. The fraction of sp³-hybridized carbons (Fsp3) is 0.286. The van der Waals surface area contributed by atoms with Gasteiger partial charge in [-0.1, -0.05) is 18.3 Å². The Labute approximate surface area is 125 Å². The highest BCUT2D eigenvalue weighted by molar-refractivity contribution is 7.15. The second-order valence-corrected chi connectivity index (χ2v) is 5.39. The monoisotopic (exact) mass is 307 g/mol. The molecule has 0 aliphatic carbocycles. The lowest BCUT2D eigenvalue weighted by Gasteiger charge is -2.01. The first-order chi connectivity index (χ1) is 10.1. The number of nitrogens with zero attached hydrogens (tertiary/aromatic N) is 2. The lowest BCUT2D eigenvalue weighted by molar-refractivity contribution is -0.116. The molecular weight excluding hydrogens is 293 g/mol. The van der Waals surface area contributed by atoms with E-state index in [2.05, 4.69) is 15.5 Å². The van der Waals surface area contributed by atoms with Crippen LogP contribution in [0.15, 0.2) is 24.3 Å². The lowest BCUT2D eigenvalue weighted by Crippen LogP contribution is -2.13. The number of halogens is 1. The Morgan fingerprint density at radius 1 is 1.19 bits per heavy atom. The minimum atomic E-state index is -0.396. The number of benzene rings is 1. The van der Waals surface area contributed by atoms with E-state index in [0.29, 0.717) is 10.7 Å². The van der Waals surface area contributed by atoms with Gasteiger partial charge in [0.25, 0.3) is 0 Å². The van der Waals surface area contributed by atoms with Gasteiger partial charge in [-0.25, -0.2) is 4.39 Å². The fourth-order valence-corrected chi connectivity index (χ4v) is 2.33. The molecular formula is C14H14FN3O2S. The van der Waals surface area contributed by atoms with E-state index in [1.54, 1.807) is 0 Å². The van der Waals surface area contributed by atoms with Crippen molar-refractivity contribution in [3.05, 3.63) is 40.7 Å². The van der Waals surface area contributed by atoms with Gasteiger partial charge in [-0.2, -0.15) is 0 Å². The van der Waals surface area contributed by atoms with E-state index in [0.717, 1.165) is 11.4 Å². The number of amides is 1. The Morgan fingerprint density at radius 2 is 1.90 bits per heavy atom. The highest BCUT2D eigenvalue weighted by Gasteiger charge is 2.11. The average Bonchev–Trinajstić information content (AvgIpc) is 2.93. The number of aryl methyl sites for hydroxylation is 1. The maximum atomic E-state index is 12.8. The molecule has 0 saturated heterocycles. The summed E-state index contributed by atoms with van der Waals surface area (Å²) in [5, 5.41) is 11.6. The predicted molar refractivity (Wildman–Crippen MR) is 77.9 cm³/mol. The Kier molecular flexibility index (Phi) is 5.10. The second-order valence-electron chi connectivity index (χ2n) is 4.33. The number of anilines is 1. The zero-order valence-corrected chi connectivity index (χ0v) is 12.2. The van der Waals surface area contributed by atoms with Crippen molar-refractivity contribution in [3.8, 4) is 0 Å². The van der Waals surface area contributed by atoms with Gasteiger partial charge in [-0.15, -0.1) is 10.2 Å². The number of carbonyl (C=O) groups is 2. The van der Waals surface area contributed by atoms with Crippen molar-refractivity contribution >= 4 is 28.2 Å². The van der Waals surface area contributed by atoms with Crippen molar-refractivity contribution < 1.29 is 14.0 Å². The number of hydrogen-bond acceptors (Lipinski definition) is 5. The Bertz CT molecular complexity index is 640. The molecule has 0 aliphatic heterocycles. The molecule has 5 nitrogen and oxygen atoms in total. The van der Waals surface area contributed by atoms with Crippen LogP contribution in [0.4, 0.5) is 9.52 Å². The van der Waals surface area contributed by atoms with Crippen LogP contribution in [0.5, 0.6) is 0 Å². The zero-order valence-electron chi connectivity index (χ0n) is 11.4. The quantitative estimate of drug-likeness (QED) is 0.833. The van der Waals surface area contributed by atoms with E-state index >= 15 is 0 Å². The van der Waals surface area contributed by atoms with Crippen molar-refractivity contribution in [1.82, 2.24) is 10.2 Å². The molecule has 0 unspecified atom stereocenters. The molecule has 1 heterocycles. The van der Waals surface area contributed by atoms with Crippen LogP contribution >= 0.6 is 11.3 Å². The third kappa shape index (κ3) is 4.42. The van der Waals surface area contributed by atoms with Crippen molar-refractivity contribution in [2.75, 3.05) is 5.32 Å². The summed E-state index contributed by atoms with van der Waals surface area (Å²) in [4.78, 5) is 23.6. The van der Waals surface area contributed by atoms with Crippen LogP contribution in [0.2, 0.25) is 0 Å². The molecule has 1 amide bonds. The smallest absolute Gasteiger partial charge is 0.226 e. The normalized spacial score (nSPS) is 10.4. The first-order valence-corrected chi connectivity index (χ1v) is 7.31. The molecule has 110 valence electrons. The standard InChI is InChI=1S/C14H14FN3O2S/c1-2-13-17-18-14(21-13)16-12(20)8-7-11(19)9-3-5-10(15)6-4-9/h3-6H,2,7-8H2,1H3,(H,16,18,20). The van der Waals surface area contributed by atoms with Crippen LogP contribution in [0, 0.1) is 5.82 Å². The molecule has 7 heteroatoms. The van der Waals surface area contributed by atoms with Crippen LogP contribution in [0.3, 0.4) is 0 Å². The van der Waals surface area contributed by atoms with Gasteiger partial charge in [0.1, 0.15) is 10.8 Å². The summed E-state index contributed by atoms with van der Waals surface area (Å²) in [6, 6.07) is 5.27. The van der Waals surface area contributed by atoms with Crippen LogP contribution in [-0.2, 0) is 11.2 Å². The first kappa shape index (κ1) is 15.2. The summed E-state index contributed by atoms with van der Waals surface area (Å²) in [7, 11) is 0. The summed E-state index contributed by atoms with van der Waals surface area (Å²) in [5.41, 5.74) is 0.397. The van der Waals surface area contributed by atoms with Gasteiger partial charge < -0.3 is 5.32 Å². The topological polar surface area (TPSA) is 72.0 Å². The van der Waals surface area contributed by atoms with E-state index in [1.807, 2.05) is 6.92 Å². The van der Waals surface area contributed by atoms with Gasteiger partial charge >= 0.3 is 0 Å². The van der Waals surface area contributed by atoms with E-state index in [-0.39, 0.29) is 24.5 Å². The molecule has 1 aromatic carbocycles. The number of nitrogens with one attached hydrogen (secondary N) is 1. The SMILES string of the molecule is CCc1nnc(NC(=O)CCC(=O)c2ccc(F)cc2)s1. The number of rotatable bonds is 6. The van der Waals surface area contributed by atoms with Crippen molar-refractivity contribution in [2.45, 2.75) is 26.2 Å². The summed E-state index contributed by atoms with van der Waals surface area (Å²) in [6.07, 6.45) is 0.880. The molecule has 0 saturated carbocycles. The van der Waals surface area contributed by atoms with Crippen LogP contribution in [0.1, 0.15) is 35.1 Å². The van der Waals surface area contributed by atoms with E-state index in [1.165, 1.54) is 35.6 Å². The summed E-state index contributed by atoms with van der Waals surface area (Å²) in [6.45, 7) is 1.95. The molecule has 1 aromatic heterocycles. The van der Waals surface area contributed by atoms with Gasteiger partial charge in [-0.3, -0.25) is 9.59 Å². The van der Waals surface area contributed by atoms with Gasteiger partial charge in [0.05, 0.1) is 0 Å². The number of Topliss-reactive ketones (excluding diaryl/α,β-unsaturated/α-hetero) is 1. The molecule has 0 bridgehead atoms. The second kappa shape index (κ2) is 7.03. The molecule has 2 rings (SSSR count). The number of aromatic nitrogens is 2. The molecule has 1 N–H and O–H groups in total. The summed E-state index contributed by atoms with van der Waals surface area (Å²) in [5.74, 6) is -0.881. The van der Waals surface area contributed by atoms with Crippen molar-refractivity contribution in [2.24, 2.45) is 0 Å². The summed E-state index contributed by atoms with van der Waals surface area (Å²) >= 11 is 1.31. The van der Waals surface area contributed by atoms with Crippen LogP contribution in [-0.4, -0.2) is 21.9 Å². The summed E-state index contributed by atoms with van der Waals surface area (Å²) < 4.78 is 12.8. The largest absolute Gasteiger partial charge is 0.301 e. The molecule has 0 fully saturated rings. The maximum Gasteiger partial charge on any atom is 0.226 e. The number of ketones is 1. The fourth-order valence-electron chi connectivity index (χ4n) is 1.64. The van der Waals surface area contributed by atoms with Crippen molar-refractivity contribution in [1.29, 1.82) is 0 Å². The minimum Gasteiger partial charge on any atom is -0.301 e. The average molecular weight is 307 g/mol. The number of carbonyl (C=O) groups excluding carboxylic acids is 2. The highest BCUT2D eigenvalue weighted by Crippen LogP contribution is 2.16. The third-order valence-electron chi connectivity index (χ3n) is 2.76. The van der Waals surface area contributed by atoms with Gasteiger partial charge in [0.2, 0.25) is 11.0 Å². The Morgan fingerprint density at radius 3 is 2.52 bits per heavy atom. The maximum absolute atomic E-state index is 12.8.